The van der Waals surface area contributed by atoms with Crippen molar-refractivity contribution in [3.63, 3.8) is 0 Å². The predicted octanol–water partition coefficient (Wildman–Crippen LogP) is 2.52. The molecule has 3 rings (SSSR count). The third kappa shape index (κ3) is 3.91. The second kappa shape index (κ2) is 6.86. The second-order valence-electron chi connectivity index (χ2n) is 5.72. The minimum atomic E-state index is -0.380. The van der Waals surface area contributed by atoms with E-state index in [1.54, 1.807) is 24.3 Å². The van der Waals surface area contributed by atoms with Crippen LogP contribution in [0.2, 0.25) is 5.02 Å². The molecule has 6 heteroatoms. The largest absolute Gasteiger partial charge is 0.484 e. The number of carbonyl (C=O) groups excluding carboxylic acids is 1. The molecule has 1 N–H and O–H groups in total. The van der Waals surface area contributed by atoms with Gasteiger partial charge in [-0.3, -0.25) is 4.79 Å². The first kappa shape index (κ1) is 15.6. The van der Waals surface area contributed by atoms with Crippen LogP contribution >= 0.6 is 11.6 Å². The maximum absolute atomic E-state index is 11.8. The molecule has 1 aromatic carbocycles. The topological polar surface area (TPSA) is 56.8 Å². The molecule has 1 saturated carbocycles. The van der Waals surface area contributed by atoms with Crippen LogP contribution < -0.4 is 10.1 Å². The third-order valence-electron chi connectivity index (χ3n) is 3.99. The Balaban J connectivity index is 1.37. The summed E-state index contributed by atoms with van der Waals surface area (Å²) in [7, 11) is 0. The van der Waals surface area contributed by atoms with E-state index in [1.165, 1.54) is 0 Å². The lowest BCUT2D eigenvalue weighted by Crippen LogP contribution is -2.37. The molecule has 1 atom stereocenters. The molecule has 1 spiro atoms. The van der Waals surface area contributed by atoms with Gasteiger partial charge in [0.05, 0.1) is 6.61 Å². The third-order valence-corrected chi connectivity index (χ3v) is 4.24. The van der Waals surface area contributed by atoms with E-state index in [-0.39, 0.29) is 24.4 Å². The number of carbonyl (C=O) groups is 1. The highest BCUT2D eigenvalue weighted by molar-refractivity contribution is 6.30. The van der Waals surface area contributed by atoms with E-state index in [0.29, 0.717) is 23.9 Å². The Kier molecular flexibility index (Phi) is 4.86. The summed E-state index contributed by atoms with van der Waals surface area (Å²) in [5.41, 5.74) is 0. The normalized spacial score (nSPS) is 22.9. The summed E-state index contributed by atoms with van der Waals surface area (Å²) in [4.78, 5) is 11.8. The second-order valence-corrected chi connectivity index (χ2v) is 6.15. The van der Waals surface area contributed by atoms with E-state index in [0.717, 1.165) is 25.7 Å². The number of hydrogen-bond acceptors (Lipinski definition) is 4. The van der Waals surface area contributed by atoms with E-state index in [9.17, 15) is 4.79 Å². The van der Waals surface area contributed by atoms with Crippen LogP contribution in [0.4, 0.5) is 0 Å². The molecule has 2 aliphatic rings. The van der Waals surface area contributed by atoms with Crippen LogP contribution in [-0.4, -0.2) is 37.6 Å². The van der Waals surface area contributed by atoms with Crippen LogP contribution in [0.15, 0.2) is 24.3 Å². The molecule has 1 heterocycles. The highest BCUT2D eigenvalue weighted by Gasteiger charge is 2.43. The highest BCUT2D eigenvalue weighted by Crippen LogP contribution is 2.38. The van der Waals surface area contributed by atoms with Gasteiger partial charge in [-0.15, -0.1) is 0 Å². The van der Waals surface area contributed by atoms with Gasteiger partial charge in [-0.05, 0) is 37.1 Å². The number of nitrogens with one attached hydrogen (secondary N) is 1. The first-order valence-corrected chi connectivity index (χ1v) is 8.00. The van der Waals surface area contributed by atoms with Gasteiger partial charge >= 0.3 is 0 Å². The summed E-state index contributed by atoms with van der Waals surface area (Å²) in [6.07, 6.45) is 4.13. The Hall–Kier alpha value is -1.30. The van der Waals surface area contributed by atoms with Gasteiger partial charge in [-0.2, -0.15) is 0 Å². The van der Waals surface area contributed by atoms with Gasteiger partial charge in [0.15, 0.2) is 12.4 Å². The molecule has 1 aliphatic carbocycles. The summed E-state index contributed by atoms with van der Waals surface area (Å²) in [6, 6.07) is 6.90. The number of rotatable bonds is 5. The molecule has 2 fully saturated rings. The Labute approximate surface area is 134 Å². The number of benzene rings is 1. The SMILES string of the molecule is O=C(COc1ccc(Cl)cc1)NCC1COC2(CCCC2)O1. The Bertz CT molecular complexity index is 513. The van der Waals surface area contributed by atoms with Crippen molar-refractivity contribution in [3.8, 4) is 5.75 Å². The molecule has 1 amide bonds. The lowest BCUT2D eigenvalue weighted by Gasteiger charge is -2.21. The van der Waals surface area contributed by atoms with Crippen LogP contribution in [-0.2, 0) is 14.3 Å². The molecule has 120 valence electrons. The van der Waals surface area contributed by atoms with Crippen molar-refractivity contribution < 1.29 is 19.0 Å². The summed E-state index contributed by atoms with van der Waals surface area (Å²) < 4.78 is 17.1. The fourth-order valence-electron chi connectivity index (χ4n) is 2.85. The van der Waals surface area contributed by atoms with Crippen molar-refractivity contribution in [1.29, 1.82) is 0 Å². The fraction of sp³-hybridized carbons (Fsp3) is 0.562. The Morgan fingerprint density at radius 1 is 1.32 bits per heavy atom. The first-order chi connectivity index (χ1) is 10.7. The molecular formula is C16H20ClNO4. The molecule has 5 nitrogen and oxygen atoms in total. The molecule has 1 unspecified atom stereocenters. The summed E-state index contributed by atoms with van der Waals surface area (Å²) in [6.45, 7) is 0.962. The maximum atomic E-state index is 11.8. The van der Waals surface area contributed by atoms with Gasteiger partial charge in [0.2, 0.25) is 0 Å². The molecule has 1 aromatic rings. The lowest BCUT2D eigenvalue weighted by atomic mass is 10.2. The Morgan fingerprint density at radius 3 is 2.77 bits per heavy atom. The van der Waals surface area contributed by atoms with Crippen molar-refractivity contribution >= 4 is 17.5 Å². The van der Waals surface area contributed by atoms with Crippen LogP contribution in [0.25, 0.3) is 0 Å². The van der Waals surface area contributed by atoms with Gasteiger partial charge in [0.1, 0.15) is 11.9 Å². The first-order valence-electron chi connectivity index (χ1n) is 7.62. The smallest absolute Gasteiger partial charge is 0.258 e. The van der Waals surface area contributed by atoms with Gasteiger partial charge in [-0.1, -0.05) is 11.6 Å². The molecule has 1 saturated heterocycles. The van der Waals surface area contributed by atoms with Crippen molar-refractivity contribution in [3.05, 3.63) is 29.3 Å². The maximum Gasteiger partial charge on any atom is 0.258 e. The van der Waals surface area contributed by atoms with E-state index in [1.807, 2.05) is 0 Å². The van der Waals surface area contributed by atoms with E-state index < -0.39 is 0 Å². The number of ether oxygens (including phenoxy) is 3. The number of hydrogen-bond donors (Lipinski definition) is 1. The lowest BCUT2D eigenvalue weighted by molar-refractivity contribution is -0.161. The van der Waals surface area contributed by atoms with Gasteiger partial charge in [0.25, 0.3) is 5.91 Å². The van der Waals surface area contributed by atoms with Gasteiger partial charge < -0.3 is 19.5 Å². The van der Waals surface area contributed by atoms with E-state index in [2.05, 4.69) is 5.32 Å². The van der Waals surface area contributed by atoms with Crippen LogP contribution in [0.5, 0.6) is 5.75 Å². The van der Waals surface area contributed by atoms with Gasteiger partial charge in [0, 0.05) is 24.4 Å². The van der Waals surface area contributed by atoms with Crippen molar-refractivity contribution in [2.45, 2.75) is 37.6 Å². The van der Waals surface area contributed by atoms with E-state index in [4.69, 9.17) is 25.8 Å². The zero-order chi connectivity index (χ0) is 15.4. The minimum Gasteiger partial charge on any atom is -0.484 e. The molecular weight excluding hydrogens is 306 g/mol. The highest BCUT2D eigenvalue weighted by atomic mass is 35.5. The van der Waals surface area contributed by atoms with Crippen LogP contribution in [0.1, 0.15) is 25.7 Å². The quantitative estimate of drug-likeness (QED) is 0.903. The summed E-state index contributed by atoms with van der Waals surface area (Å²) >= 11 is 5.79. The zero-order valence-electron chi connectivity index (χ0n) is 12.3. The number of amides is 1. The average molecular weight is 326 g/mol. The molecule has 0 radical (unpaired) electrons. The minimum absolute atomic E-state index is 0.0274. The molecule has 1 aliphatic heterocycles. The molecule has 0 aromatic heterocycles. The molecule has 0 bridgehead atoms. The fourth-order valence-corrected chi connectivity index (χ4v) is 2.98. The number of halogens is 1. The molecule has 22 heavy (non-hydrogen) atoms. The Morgan fingerprint density at radius 2 is 2.05 bits per heavy atom. The van der Waals surface area contributed by atoms with Crippen LogP contribution in [0.3, 0.4) is 0 Å². The monoisotopic (exact) mass is 325 g/mol. The zero-order valence-corrected chi connectivity index (χ0v) is 13.1. The van der Waals surface area contributed by atoms with Crippen molar-refractivity contribution in [2.24, 2.45) is 0 Å². The summed E-state index contributed by atoms with van der Waals surface area (Å²) in [5.74, 6) is 0.0608. The van der Waals surface area contributed by atoms with E-state index >= 15 is 0 Å². The summed E-state index contributed by atoms with van der Waals surface area (Å²) in [5, 5.41) is 3.45. The predicted molar refractivity (Wildman–Crippen MR) is 82.0 cm³/mol. The van der Waals surface area contributed by atoms with Crippen molar-refractivity contribution in [1.82, 2.24) is 5.32 Å². The van der Waals surface area contributed by atoms with Crippen molar-refractivity contribution in [2.75, 3.05) is 19.8 Å². The standard InChI is InChI=1S/C16H20ClNO4/c17-12-3-5-13(6-4-12)20-11-15(19)18-9-14-10-21-16(22-14)7-1-2-8-16/h3-6,14H,1-2,7-11H2,(H,18,19). The van der Waals surface area contributed by atoms with Gasteiger partial charge in [-0.25, -0.2) is 0 Å². The average Bonchev–Trinajstić information content (AvgIpc) is 3.15. The van der Waals surface area contributed by atoms with Crippen LogP contribution in [0, 0.1) is 0 Å².